The predicted octanol–water partition coefficient (Wildman–Crippen LogP) is 4.85. The molecule has 128 valence electrons. The van der Waals surface area contributed by atoms with Crippen molar-refractivity contribution in [3.63, 3.8) is 0 Å². The topological polar surface area (TPSA) is 59.1 Å². The molecule has 0 saturated heterocycles. The lowest BCUT2D eigenvalue weighted by atomic mass is 10.2. The van der Waals surface area contributed by atoms with Crippen molar-refractivity contribution in [3.8, 4) is 5.75 Å². The Balaban J connectivity index is 1.84. The lowest BCUT2D eigenvalue weighted by molar-refractivity contribution is 0.416. The van der Waals surface area contributed by atoms with E-state index in [2.05, 4.69) is 20.6 Å². The molecular weight excluding hydrogens is 324 g/mol. The van der Waals surface area contributed by atoms with Gasteiger partial charge in [0.2, 0.25) is 5.95 Å². The molecule has 5 nitrogen and oxygen atoms in total. The summed E-state index contributed by atoms with van der Waals surface area (Å²) in [6.07, 6.45) is 4.92. The standard InChI is InChI=1S/C18H23ClN4O/c1-11-8-15(16(24-3)10-14(11)19)22-17-9-12(2)20-18(23-17)21-13-6-4-5-7-13/h8-10,13H,4-7H2,1-3H3,(H2,20,21,22,23). The number of aromatic nitrogens is 2. The van der Waals surface area contributed by atoms with E-state index in [-0.39, 0.29) is 0 Å². The number of hydrogen-bond donors (Lipinski definition) is 2. The van der Waals surface area contributed by atoms with E-state index in [9.17, 15) is 0 Å². The Bertz CT molecular complexity index is 729. The monoisotopic (exact) mass is 346 g/mol. The SMILES string of the molecule is COc1cc(Cl)c(C)cc1Nc1cc(C)nc(NC2CCCC2)n1. The van der Waals surface area contributed by atoms with Gasteiger partial charge in [-0.15, -0.1) is 0 Å². The summed E-state index contributed by atoms with van der Waals surface area (Å²) in [6.45, 7) is 3.93. The summed E-state index contributed by atoms with van der Waals surface area (Å²) in [5.74, 6) is 2.10. The first kappa shape index (κ1) is 16.8. The van der Waals surface area contributed by atoms with E-state index in [0.29, 0.717) is 22.8 Å². The van der Waals surface area contributed by atoms with Crippen LogP contribution in [0.5, 0.6) is 5.75 Å². The summed E-state index contributed by atoms with van der Waals surface area (Å²) in [4.78, 5) is 9.10. The molecule has 1 aliphatic carbocycles. The van der Waals surface area contributed by atoms with Gasteiger partial charge in [0, 0.05) is 28.9 Å². The highest BCUT2D eigenvalue weighted by molar-refractivity contribution is 6.31. The van der Waals surface area contributed by atoms with Crippen molar-refractivity contribution in [2.45, 2.75) is 45.6 Å². The highest BCUT2D eigenvalue weighted by Gasteiger charge is 2.16. The Morgan fingerprint density at radius 1 is 1.12 bits per heavy atom. The molecule has 1 saturated carbocycles. The van der Waals surface area contributed by atoms with Crippen LogP contribution in [0.2, 0.25) is 5.02 Å². The van der Waals surface area contributed by atoms with Gasteiger partial charge in [0.1, 0.15) is 11.6 Å². The molecule has 1 aromatic heterocycles. The Morgan fingerprint density at radius 2 is 1.88 bits per heavy atom. The van der Waals surface area contributed by atoms with Crippen molar-refractivity contribution >= 4 is 29.1 Å². The number of methoxy groups -OCH3 is 1. The van der Waals surface area contributed by atoms with Gasteiger partial charge in [-0.2, -0.15) is 4.98 Å². The number of aryl methyl sites for hydroxylation is 2. The van der Waals surface area contributed by atoms with Gasteiger partial charge in [0.05, 0.1) is 12.8 Å². The molecule has 0 amide bonds. The van der Waals surface area contributed by atoms with Crippen LogP contribution in [-0.4, -0.2) is 23.1 Å². The minimum absolute atomic E-state index is 0.479. The minimum atomic E-state index is 0.479. The van der Waals surface area contributed by atoms with Crippen molar-refractivity contribution in [1.29, 1.82) is 0 Å². The molecule has 3 rings (SSSR count). The summed E-state index contributed by atoms with van der Waals surface area (Å²) >= 11 is 6.17. The molecule has 0 atom stereocenters. The average molecular weight is 347 g/mol. The smallest absolute Gasteiger partial charge is 0.225 e. The molecule has 0 aliphatic heterocycles. The molecule has 6 heteroatoms. The molecule has 1 aliphatic rings. The summed E-state index contributed by atoms with van der Waals surface area (Å²) in [5, 5.41) is 7.45. The Labute approximate surface area is 147 Å². The molecule has 1 aromatic carbocycles. The zero-order valence-corrected chi connectivity index (χ0v) is 15.1. The first-order valence-electron chi connectivity index (χ1n) is 8.28. The fourth-order valence-corrected chi connectivity index (χ4v) is 3.17. The number of halogens is 1. The van der Waals surface area contributed by atoms with Gasteiger partial charge in [-0.05, 0) is 38.3 Å². The predicted molar refractivity (Wildman–Crippen MR) is 98.7 cm³/mol. The Kier molecular flexibility index (Phi) is 5.09. The third-order valence-corrected chi connectivity index (χ3v) is 4.69. The second-order valence-corrected chi connectivity index (χ2v) is 6.68. The molecule has 0 unspecified atom stereocenters. The summed E-state index contributed by atoms with van der Waals surface area (Å²) < 4.78 is 5.42. The minimum Gasteiger partial charge on any atom is -0.495 e. The Morgan fingerprint density at radius 3 is 2.58 bits per heavy atom. The van der Waals surface area contributed by atoms with E-state index in [1.165, 1.54) is 25.7 Å². The molecule has 0 radical (unpaired) electrons. The number of hydrogen-bond acceptors (Lipinski definition) is 5. The van der Waals surface area contributed by atoms with E-state index < -0.39 is 0 Å². The number of nitrogens with zero attached hydrogens (tertiary/aromatic N) is 2. The molecule has 24 heavy (non-hydrogen) atoms. The highest BCUT2D eigenvalue weighted by Crippen LogP contribution is 2.33. The van der Waals surface area contributed by atoms with Gasteiger partial charge >= 0.3 is 0 Å². The number of rotatable bonds is 5. The maximum absolute atomic E-state index is 6.17. The van der Waals surface area contributed by atoms with E-state index in [4.69, 9.17) is 16.3 Å². The van der Waals surface area contributed by atoms with Crippen LogP contribution in [0, 0.1) is 13.8 Å². The molecule has 2 N–H and O–H groups in total. The number of benzene rings is 1. The molecule has 2 aromatic rings. The van der Waals surface area contributed by atoms with E-state index in [1.54, 1.807) is 7.11 Å². The lowest BCUT2D eigenvalue weighted by Crippen LogP contribution is -2.17. The Hall–Kier alpha value is -2.01. The number of nitrogens with one attached hydrogen (secondary N) is 2. The molecular formula is C18H23ClN4O. The summed E-state index contributed by atoms with van der Waals surface area (Å²) in [7, 11) is 1.63. The van der Waals surface area contributed by atoms with Crippen molar-refractivity contribution in [1.82, 2.24) is 9.97 Å². The van der Waals surface area contributed by atoms with Crippen LogP contribution in [-0.2, 0) is 0 Å². The number of ether oxygens (including phenoxy) is 1. The van der Waals surface area contributed by atoms with Crippen LogP contribution in [0.15, 0.2) is 18.2 Å². The summed E-state index contributed by atoms with van der Waals surface area (Å²) in [6, 6.07) is 6.17. The van der Waals surface area contributed by atoms with Crippen LogP contribution < -0.4 is 15.4 Å². The first-order valence-corrected chi connectivity index (χ1v) is 8.66. The van der Waals surface area contributed by atoms with Crippen molar-refractivity contribution < 1.29 is 4.74 Å². The zero-order chi connectivity index (χ0) is 17.1. The fraction of sp³-hybridized carbons (Fsp3) is 0.444. The first-order chi connectivity index (χ1) is 11.5. The van der Waals surface area contributed by atoms with Crippen LogP contribution in [0.3, 0.4) is 0 Å². The van der Waals surface area contributed by atoms with Crippen molar-refractivity contribution in [3.05, 3.63) is 34.5 Å². The molecule has 0 bridgehead atoms. The molecule has 1 fully saturated rings. The highest BCUT2D eigenvalue weighted by atomic mass is 35.5. The third kappa shape index (κ3) is 3.90. The maximum atomic E-state index is 6.17. The van der Waals surface area contributed by atoms with Gasteiger partial charge in [0.15, 0.2) is 0 Å². The average Bonchev–Trinajstić information content (AvgIpc) is 3.03. The van der Waals surface area contributed by atoms with E-state index in [0.717, 1.165) is 22.8 Å². The zero-order valence-electron chi connectivity index (χ0n) is 14.3. The molecule has 0 spiro atoms. The van der Waals surface area contributed by atoms with Crippen molar-refractivity contribution in [2.75, 3.05) is 17.7 Å². The van der Waals surface area contributed by atoms with Gasteiger partial charge in [-0.1, -0.05) is 24.4 Å². The van der Waals surface area contributed by atoms with Gasteiger partial charge in [-0.3, -0.25) is 0 Å². The lowest BCUT2D eigenvalue weighted by Gasteiger charge is -2.15. The number of anilines is 3. The fourth-order valence-electron chi connectivity index (χ4n) is 3.02. The molecule has 1 heterocycles. The van der Waals surface area contributed by atoms with Crippen LogP contribution in [0.25, 0.3) is 0 Å². The van der Waals surface area contributed by atoms with Gasteiger partial charge in [-0.25, -0.2) is 4.98 Å². The normalized spacial score (nSPS) is 14.7. The second-order valence-electron chi connectivity index (χ2n) is 6.27. The van der Waals surface area contributed by atoms with Crippen molar-refractivity contribution in [2.24, 2.45) is 0 Å². The van der Waals surface area contributed by atoms with Gasteiger partial charge < -0.3 is 15.4 Å². The van der Waals surface area contributed by atoms with Crippen LogP contribution >= 0.6 is 11.6 Å². The van der Waals surface area contributed by atoms with E-state index >= 15 is 0 Å². The largest absolute Gasteiger partial charge is 0.495 e. The van der Waals surface area contributed by atoms with Crippen LogP contribution in [0.1, 0.15) is 36.9 Å². The summed E-state index contributed by atoms with van der Waals surface area (Å²) in [5.41, 5.74) is 2.73. The quantitative estimate of drug-likeness (QED) is 0.810. The van der Waals surface area contributed by atoms with Gasteiger partial charge in [0.25, 0.3) is 0 Å². The maximum Gasteiger partial charge on any atom is 0.225 e. The second kappa shape index (κ2) is 7.26. The third-order valence-electron chi connectivity index (χ3n) is 4.29. The van der Waals surface area contributed by atoms with Crippen LogP contribution in [0.4, 0.5) is 17.5 Å². The van der Waals surface area contributed by atoms with E-state index in [1.807, 2.05) is 32.0 Å².